The van der Waals surface area contributed by atoms with E-state index in [0.29, 0.717) is 22.9 Å². The van der Waals surface area contributed by atoms with Gasteiger partial charge in [-0.15, -0.1) is 0 Å². The van der Waals surface area contributed by atoms with E-state index in [2.05, 4.69) is 5.10 Å². The number of fused-ring (bicyclic) bond motifs is 1. The number of anilines is 2. The molecule has 1 fully saturated rings. The van der Waals surface area contributed by atoms with Gasteiger partial charge in [-0.25, -0.2) is 9.69 Å². The van der Waals surface area contributed by atoms with Gasteiger partial charge in [0.15, 0.2) is 5.71 Å². The third-order valence-electron chi connectivity index (χ3n) is 5.20. The number of carbonyl (C=O) groups is 3. The van der Waals surface area contributed by atoms with Gasteiger partial charge in [-0.2, -0.15) is 5.10 Å². The van der Waals surface area contributed by atoms with Crippen molar-refractivity contribution in [3.8, 4) is 11.5 Å². The van der Waals surface area contributed by atoms with E-state index in [-0.39, 0.29) is 12.3 Å². The first-order chi connectivity index (χ1) is 15.0. The van der Waals surface area contributed by atoms with Crippen LogP contribution in [-0.2, 0) is 19.1 Å². The molecule has 4 rings (SSSR count). The maximum Gasteiger partial charge on any atom is 0.355 e. The standard InChI is InChI=1S/C22H21N3O6/c1-4-31-22(28)18-17-19(25(23-18)13-9-11-14(29-2)12-10-13)21(27)24(20(17)26)15-7-5-6-8-16(15)30-3/h5-12,17,19H,4H2,1-3H3/t17-,19-/m0/s1. The van der Waals surface area contributed by atoms with Crippen molar-refractivity contribution in [3.05, 3.63) is 48.5 Å². The number of rotatable bonds is 6. The quantitative estimate of drug-likeness (QED) is 0.518. The van der Waals surface area contributed by atoms with Gasteiger partial charge in [-0.05, 0) is 43.3 Å². The van der Waals surface area contributed by atoms with E-state index in [1.165, 1.54) is 12.1 Å². The van der Waals surface area contributed by atoms with E-state index in [4.69, 9.17) is 14.2 Å². The number of esters is 1. The van der Waals surface area contributed by atoms with Gasteiger partial charge in [-0.1, -0.05) is 12.1 Å². The zero-order valence-corrected chi connectivity index (χ0v) is 17.3. The van der Waals surface area contributed by atoms with E-state index in [9.17, 15) is 14.4 Å². The van der Waals surface area contributed by atoms with E-state index < -0.39 is 29.7 Å². The van der Waals surface area contributed by atoms with Crippen LogP contribution in [0.15, 0.2) is 53.6 Å². The molecule has 0 radical (unpaired) electrons. The molecule has 9 heteroatoms. The number of hydrogen-bond acceptors (Lipinski definition) is 8. The third-order valence-corrected chi connectivity index (χ3v) is 5.20. The smallest absolute Gasteiger partial charge is 0.355 e. The van der Waals surface area contributed by atoms with Crippen LogP contribution in [0.25, 0.3) is 0 Å². The molecule has 160 valence electrons. The molecule has 2 heterocycles. The molecule has 2 aliphatic rings. The molecule has 9 nitrogen and oxygen atoms in total. The molecule has 0 unspecified atom stereocenters. The average Bonchev–Trinajstić information content (AvgIpc) is 3.31. The maximum absolute atomic E-state index is 13.5. The maximum atomic E-state index is 13.5. The minimum atomic E-state index is -1.08. The zero-order valence-electron chi connectivity index (χ0n) is 17.3. The van der Waals surface area contributed by atoms with Crippen LogP contribution in [0.4, 0.5) is 11.4 Å². The number of imide groups is 1. The second-order valence-corrected chi connectivity index (χ2v) is 6.85. The number of benzene rings is 2. The molecule has 1 saturated heterocycles. The van der Waals surface area contributed by atoms with Gasteiger partial charge in [-0.3, -0.25) is 14.6 Å². The van der Waals surface area contributed by atoms with Crippen molar-refractivity contribution in [2.45, 2.75) is 13.0 Å². The number of ether oxygens (including phenoxy) is 3. The van der Waals surface area contributed by atoms with Crippen LogP contribution in [0.1, 0.15) is 6.92 Å². The second kappa shape index (κ2) is 8.10. The van der Waals surface area contributed by atoms with Crippen molar-refractivity contribution in [1.29, 1.82) is 0 Å². The highest BCUT2D eigenvalue weighted by Crippen LogP contribution is 2.40. The molecule has 0 N–H and O–H groups in total. The summed E-state index contributed by atoms with van der Waals surface area (Å²) in [6.07, 6.45) is 0. The second-order valence-electron chi connectivity index (χ2n) is 6.85. The topological polar surface area (TPSA) is 97.7 Å². The molecule has 0 spiro atoms. The van der Waals surface area contributed by atoms with Crippen molar-refractivity contribution in [3.63, 3.8) is 0 Å². The average molecular weight is 423 g/mol. The van der Waals surface area contributed by atoms with Crippen molar-refractivity contribution in [2.75, 3.05) is 30.7 Å². The molecule has 2 amide bonds. The fourth-order valence-corrected chi connectivity index (χ4v) is 3.79. The van der Waals surface area contributed by atoms with E-state index in [0.717, 1.165) is 4.90 Å². The van der Waals surface area contributed by atoms with Crippen LogP contribution in [0, 0.1) is 5.92 Å². The Morgan fingerprint density at radius 1 is 1.00 bits per heavy atom. The normalized spacial score (nSPS) is 19.9. The largest absolute Gasteiger partial charge is 0.497 e. The number of para-hydroxylation sites is 2. The summed E-state index contributed by atoms with van der Waals surface area (Å²) in [4.78, 5) is 40.5. The Balaban J connectivity index is 1.79. The first-order valence-corrected chi connectivity index (χ1v) is 9.71. The van der Waals surface area contributed by atoms with Crippen LogP contribution >= 0.6 is 0 Å². The van der Waals surface area contributed by atoms with Gasteiger partial charge in [0.05, 0.1) is 32.2 Å². The lowest BCUT2D eigenvalue weighted by Gasteiger charge is -2.23. The molecule has 2 aromatic carbocycles. The van der Waals surface area contributed by atoms with Crippen LogP contribution in [0.2, 0.25) is 0 Å². The first-order valence-electron chi connectivity index (χ1n) is 9.71. The third kappa shape index (κ3) is 3.27. The summed E-state index contributed by atoms with van der Waals surface area (Å²) in [6, 6.07) is 12.5. The lowest BCUT2D eigenvalue weighted by Crippen LogP contribution is -2.39. The number of hydrazone groups is 1. The molecular weight excluding hydrogens is 402 g/mol. The Morgan fingerprint density at radius 3 is 2.35 bits per heavy atom. The van der Waals surface area contributed by atoms with Crippen molar-refractivity contribution in [2.24, 2.45) is 11.0 Å². The van der Waals surface area contributed by atoms with Crippen LogP contribution in [-0.4, -0.2) is 50.4 Å². The molecule has 2 atom stereocenters. The summed E-state index contributed by atoms with van der Waals surface area (Å²) in [7, 11) is 3.00. The molecule has 31 heavy (non-hydrogen) atoms. The Bertz CT molecular complexity index is 1070. The Labute approximate surface area is 178 Å². The molecular formula is C22H21N3O6. The highest BCUT2D eigenvalue weighted by Gasteiger charge is 2.59. The van der Waals surface area contributed by atoms with Gasteiger partial charge in [0.1, 0.15) is 23.5 Å². The van der Waals surface area contributed by atoms with Gasteiger partial charge >= 0.3 is 5.97 Å². The highest BCUT2D eigenvalue weighted by molar-refractivity contribution is 6.47. The summed E-state index contributed by atoms with van der Waals surface area (Å²) >= 11 is 0. The van der Waals surface area contributed by atoms with Crippen molar-refractivity contribution < 1.29 is 28.6 Å². The summed E-state index contributed by atoms with van der Waals surface area (Å²) < 4.78 is 15.6. The number of nitrogens with zero attached hydrogens (tertiary/aromatic N) is 3. The Hall–Kier alpha value is -3.88. The first kappa shape index (κ1) is 20.4. The van der Waals surface area contributed by atoms with Gasteiger partial charge in [0, 0.05) is 0 Å². The van der Waals surface area contributed by atoms with Gasteiger partial charge in [0.2, 0.25) is 5.91 Å². The minimum absolute atomic E-state index is 0.0987. The molecule has 0 aliphatic carbocycles. The highest BCUT2D eigenvalue weighted by atomic mass is 16.5. The van der Waals surface area contributed by atoms with E-state index in [1.54, 1.807) is 62.6 Å². The zero-order chi connectivity index (χ0) is 22.1. The summed E-state index contributed by atoms with van der Waals surface area (Å²) in [5, 5.41) is 5.72. The number of amides is 2. The fourth-order valence-electron chi connectivity index (χ4n) is 3.79. The molecule has 0 aromatic heterocycles. The summed E-state index contributed by atoms with van der Waals surface area (Å²) in [6.45, 7) is 1.78. The number of hydrogen-bond donors (Lipinski definition) is 0. The lowest BCUT2D eigenvalue weighted by atomic mass is 9.97. The lowest BCUT2D eigenvalue weighted by molar-refractivity contribution is -0.136. The summed E-state index contributed by atoms with van der Waals surface area (Å²) in [5.41, 5.74) is 0.754. The fraction of sp³-hybridized carbons (Fsp3) is 0.273. The van der Waals surface area contributed by atoms with Crippen molar-refractivity contribution >= 4 is 34.9 Å². The molecule has 0 bridgehead atoms. The SMILES string of the molecule is CCOC(=O)C1=NN(c2ccc(OC)cc2)[C@@H]2C(=O)N(c3ccccc3OC)C(=O)[C@@H]12. The van der Waals surface area contributed by atoms with Crippen LogP contribution in [0.3, 0.4) is 0 Å². The van der Waals surface area contributed by atoms with Crippen LogP contribution in [0.5, 0.6) is 11.5 Å². The predicted molar refractivity (Wildman–Crippen MR) is 112 cm³/mol. The van der Waals surface area contributed by atoms with E-state index in [1.807, 2.05) is 0 Å². The Kier molecular flexibility index (Phi) is 5.33. The minimum Gasteiger partial charge on any atom is -0.497 e. The van der Waals surface area contributed by atoms with E-state index >= 15 is 0 Å². The molecule has 2 aromatic rings. The predicted octanol–water partition coefficient (Wildman–Crippen LogP) is 2.00. The van der Waals surface area contributed by atoms with Crippen LogP contribution < -0.4 is 19.4 Å². The van der Waals surface area contributed by atoms with Crippen molar-refractivity contribution in [1.82, 2.24) is 0 Å². The Morgan fingerprint density at radius 2 is 1.71 bits per heavy atom. The number of carbonyl (C=O) groups excluding carboxylic acids is 3. The summed E-state index contributed by atoms with van der Waals surface area (Å²) in [5.74, 6) is -1.87. The molecule has 2 aliphatic heterocycles. The number of methoxy groups -OCH3 is 2. The monoisotopic (exact) mass is 423 g/mol. The van der Waals surface area contributed by atoms with Gasteiger partial charge < -0.3 is 14.2 Å². The van der Waals surface area contributed by atoms with Gasteiger partial charge in [0.25, 0.3) is 5.91 Å². The molecule has 0 saturated carbocycles.